The maximum absolute atomic E-state index is 14.5. The number of amides is 2. The van der Waals surface area contributed by atoms with Crippen LogP contribution < -0.4 is 15.4 Å². The van der Waals surface area contributed by atoms with Crippen molar-refractivity contribution in [2.75, 3.05) is 17.7 Å². The van der Waals surface area contributed by atoms with E-state index in [9.17, 15) is 18.4 Å². The van der Waals surface area contributed by atoms with Gasteiger partial charge in [0.15, 0.2) is 0 Å². The van der Waals surface area contributed by atoms with E-state index in [1.807, 2.05) is 60.7 Å². The number of benzene rings is 5. The van der Waals surface area contributed by atoms with Gasteiger partial charge in [0.1, 0.15) is 17.4 Å². The van der Waals surface area contributed by atoms with Gasteiger partial charge in [-0.15, -0.1) is 0 Å². The maximum Gasteiger partial charge on any atom is 0.259 e. The van der Waals surface area contributed by atoms with E-state index in [1.54, 1.807) is 12.1 Å². The monoisotopic (exact) mass is 562 g/mol. The van der Waals surface area contributed by atoms with E-state index in [0.29, 0.717) is 35.3 Å². The van der Waals surface area contributed by atoms with Crippen LogP contribution in [0.3, 0.4) is 0 Å². The van der Waals surface area contributed by atoms with Gasteiger partial charge >= 0.3 is 0 Å². The Hall–Kier alpha value is -5.30. The van der Waals surface area contributed by atoms with Crippen molar-refractivity contribution in [3.63, 3.8) is 0 Å². The van der Waals surface area contributed by atoms with Gasteiger partial charge in [-0.25, -0.2) is 8.78 Å². The van der Waals surface area contributed by atoms with Crippen molar-refractivity contribution in [2.45, 2.75) is 12.8 Å². The minimum atomic E-state index is -0.523. The average Bonchev–Trinajstić information content (AvgIpc) is 3.01. The number of carbonyl (C=O) groups excluding carboxylic acids is 2. The fraction of sp³-hybridized carbons (Fsp3) is 0.0857. The number of carbonyl (C=O) groups is 2. The van der Waals surface area contributed by atoms with Crippen LogP contribution in [-0.4, -0.2) is 18.9 Å². The first kappa shape index (κ1) is 28.2. The van der Waals surface area contributed by atoms with Crippen molar-refractivity contribution >= 4 is 23.2 Å². The molecule has 2 N–H and O–H groups in total. The molecule has 0 aliphatic rings. The van der Waals surface area contributed by atoms with Gasteiger partial charge in [-0.1, -0.05) is 60.7 Å². The summed E-state index contributed by atoms with van der Waals surface area (Å²) in [6.07, 6.45) is 0.742. The maximum atomic E-state index is 14.5. The number of rotatable bonds is 9. The van der Waals surface area contributed by atoms with Crippen molar-refractivity contribution in [2.24, 2.45) is 0 Å². The third-order valence-electron chi connectivity index (χ3n) is 6.79. The number of ether oxygens (including phenoxy) is 1. The Morgan fingerprint density at radius 2 is 1.12 bits per heavy atom. The summed E-state index contributed by atoms with van der Waals surface area (Å²) in [7, 11) is 1.43. The third-order valence-corrected chi connectivity index (χ3v) is 6.79. The molecule has 0 saturated heterocycles. The molecular formula is C35H28F2N2O3. The molecule has 5 aromatic carbocycles. The van der Waals surface area contributed by atoms with Gasteiger partial charge in [0.25, 0.3) is 11.8 Å². The Balaban J connectivity index is 1.33. The van der Waals surface area contributed by atoms with Crippen LogP contribution in [-0.2, 0) is 12.8 Å². The molecule has 0 unspecified atom stereocenters. The van der Waals surface area contributed by atoms with Crippen molar-refractivity contribution in [3.8, 4) is 5.75 Å². The molecule has 210 valence electrons. The lowest BCUT2D eigenvalue weighted by molar-refractivity contribution is 0.102. The van der Waals surface area contributed by atoms with Crippen LogP contribution in [0.15, 0.2) is 115 Å². The fourth-order valence-electron chi connectivity index (χ4n) is 4.64. The van der Waals surface area contributed by atoms with Gasteiger partial charge in [-0.2, -0.15) is 0 Å². The number of hydrogen-bond donors (Lipinski definition) is 2. The molecule has 2 amide bonds. The van der Waals surface area contributed by atoms with Gasteiger partial charge in [0, 0.05) is 29.8 Å². The highest BCUT2D eigenvalue weighted by Crippen LogP contribution is 2.25. The molecule has 0 spiro atoms. The summed E-state index contributed by atoms with van der Waals surface area (Å²) in [6, 6.07) is 32.2. The first-order chi connectivity index (χ1) is 20.4. The highest BCUT2D eigenvalue weighted by atomic mass is 19.1. The summed E-state index contributed by atoms with van der Waals surface area (Å²) in [4.78, 5) is 26.4. The van der Waals surface area contributed by atoms with Gasteiger partial charge in [0.05, 0.1) is 12.7 Å². The Bertz CT molecular complexity index is 1720. The first-order valence-electron chi connectivity index (χ1n) is 13.3. The summed E-state index contributed by atoms with van der Waals surface area (Å²) in [5, 5.41) is 5.56. The molecule has 5 aromatic rings. The van der Waals surface area contributed by atoms with E-state index in [1.165, 1.54) is 49.6 Å². The van der Waals surface area contributed by atoms with Crippen LogP contribution in [0.5, 0.6) is 5.75 Å². The molecule has 7 heteroatoms. The zero-order valence-corrected chi connectivity index (χ0v) is 22.9. The molecule has 0 aromatic heterocycles. The second kappa shape index (κ2) is 12.9. The standard InChI is InChI=1S/C35H28F2N2O3/c1-42-33-17-12-25(34(40)38-28-13-15-31(36)26(20-28)18-23-8-4-2-5-9-23)22-30(33)35(41)39-29-14-16-32(37)27(21-29)19-24-10-6-3-7-11-24/h2-17,20-22H,18-19H2,1H3,(H,38,40)(H,39,41). The molecule has 5 rings (SSSR count). The largest absolute Gasteiger partial charge is 0.496 e. The predicted octanol–water partition coefficient (Wildman–Crippen LogP) is 7.66. The van der Waals surface area contributed by atoms with E-state index >= 15 is 0 Å². The summed E-state index contributed by atoms with van der Waals surface area (Å²) in [5.74, 6) is -1.47. The Labute approximate surface area is 242 Å². The average molecular weight is 563 g/mol. The second-order valence-electron chi connectivity index (χ2n) is 9.76. The summed E-state index contributed by atoms with van der Waals surface area (Å²) >= 11 is 0. The smallest absolute Gasteiger partial charge is 0.259 e. The fourth-order valence-corrected chi connectivity index (χ4v) is 4.64. The van der Waals surface area contributed by atoms with Crippen LogP contribution in [0.2, 0.25) is 0 Å². The normalized spacial score (nSPS) is 10.6. The molecule has 0 saturated carbocycles. The van der Waals surface area contributed by atoms with Gasteiger partial charge < -0.3 is 15.4 Å². The number of hydrogen-bond acceptors (Lipinski definition) is 3. The molecule has 42 heavy (non-hydrogen) atoms. The minimum absolute atomic E-state index is 0.128. The second-order valence-corrected chi connectivity index (χ2v) is 9.76. The van der Waals surface area contributed by atoms with E-state index in [-0.39, 0.29) is 28.5 Å². The van der Waals surface area contributed by atoms with Crippen LogP contribution >= 0.6 is 0 Å². The van der Waals surface area contributed by atoms with Crippen LogP contribution in [0.25, 0.3) is 0 Å². The molecule has 0 atom stereocenters. The lowest BCUT2D eigenvalue weighted by atomic mass is 10.0. The molecule has 0 fully saturated rings. The van der Waals surface area contributed by atoms with E-state index < -0.39 is 11.8 Å². The van der Waals surface area contributed by atoms with Gasteiger partial charge in [-0.3, -0.25) is 9.59 Å². The van der Waals surface area contributed by atoms with Crippen LogP contribution in [0, 0.1) is 11.6 Å². The molecular weight excluding hydrogens is 534 g/mol. The predicted molar refractivity (Wildman–Crippen MR) is 160 cm³/mol. The van der Waals surface area contributed by atoms with Crippen molar-refractivity contribution in [1.82, 2.24) is 0 Å². The van der Waals surface area contributed by atoms with E-state index in [2.05, 4.69) is 10.6 Å². The molecule has 0 heterocycles. The van der Waals surface area contributed by atoms with Crippen molar-refractivity contribution < 1.29 is 23.1 Å². The third kappa shape index (κ3) is 6.88. The molecule has 0 aliphatic heterocycles. The first-order valence-corrected chi connectivity index (χ1v) is 13.3. The molecule has 0 aliphatic carbocycles. The Kier molecular flexibility index (Phi) is 8.68. The highest BCUT2D eigenvalue weighted by Gasteiger charge is 2.18. The number of halogens is 2. The summed E-state index contributed by atoms with van der Waals surface area (Å²) < 4.78 is 34.4. The number of anilines is 2. The van der Waals surface area contributed by atoms with Gasteiger partial charge in [0.2, 0.25) is 0 Å². The van der Waals surface area contributed by atoms with Crippen LogP contribution in [0.4, 0.5) is 20.2 Å². The zero-order valence-electron chi connectivity index (χ0n) is 22.9. The number of methoxy groups -OCH3 is 1. The summed E-state index contributed by atoms with van der Waals surface area (Å²) in [6.45, 7) is 0. The SMILES string of the molecule is COc1ccc(C(=O)Nc2ccc(F)c(Cc3ccccc3)c2)cc1C(=O)Nc1ccc(F)c(Cc2ccccc2)c1. The topological polar surface area (TPSA) is 67.4 Å². The molecule has 0 radical (unpaired) electrons. The summed E-state index contributed by atoms with van der Waals surface area (Å²) in [5.41, 5.74) is 3.92. The van der Waals surface area contributed by atoms with Crippen molar-refractivity contribution in [1.29, 1.82) is 0 Å². The lowest BCUT2D eigenvalue weighted by Gasteiger charge is -2.13. The zero-order chi connectivity index (χ0) is 29.5. The molecule has 0 bridgehead atoms. The Morgan fingerprint density at radius 3 is 1.62 bits per heavy atom. The number of nitrogens with one attached hydrogen (secondary N) is 2. The van der Waals surface area contributed by atoms with Crippen molar-refractivity contribution in [3.05, 3.63) is 160 Å². The van der Waals surface area contributed by atoms with E-state index in [4.69, 9.17) is 4.74 Å². The minimum Gasteiger partial charge on any atom is -0.496 e. The lowest BCUT2D eigenvalue weighted by Crippen LogP contribution is -2.17. The highest BCUT2D eigenvalue weighted by molar-refractivity contribution is 6.10. The molecule has 5 nitrogen and oxygen atoms in total. The van der Waals surface area contributed by atoms with E-state index in [0.717, 1.165) is 11.1 Å². The Morgan fingerprint density at radius 1 is 0.619 bits per heavy atom. The van der Waals surface area contributed by atoms with Crippen LogP contribution in [0.1, 0.15) is 43.0 Å². The quantitative estimate of drug-likeness (QED) is 0.194. The van der Waals surface area contributed by atoms with Gasteiger partial charge in [-0.05, 0) is 76.9 Å².